The molecule has 0 atom stereocenters. The van der Waals surface area contributed by atoms with Crippen molar-refractivity contribution in [1.29, 1.82) is 5.26 Å². The van der Waals surface area contributed by atoms with E-state index in [9.17, 15) is 9.90 Å². The SMILES string of the molecule is CCc1ccc(CC(=O)O)c(C#N)c1CO. The summed E-state index contributed by atoms with van der Waals surface area (Å²) in [6.07, 6.45) is 0.512. The van der Waals surface area contributed by atoms with Crippen LogP contribution in [0, 0.1) is 11.3 Å². The zero-order valence-corrected chi connectivity index (χ0v) is 9.03. The predicted octanol–water partition coefficient (Wildman–Crippen LogP) is 1.24. The number of aliphatic carboxylic acids is 1. The van der Waals surface area contributed by atoms with Crippen molar-refractivity contribution in [3.63, 3.8) is 0 Å². The maximum atomic E-state index is 10.6. The first kappa shape index (κ1) is 12.2. The number of carbonyl (C=O) groups is 1. The van der Waals surface area contributed by atoms with Gasteiger partial charge in [0.1, 0.15) is 0 Å². The minimum atomic E-state index is -0.982. The van der Waals surface area contributed by atoms with Crippen molar-refractivity contribution in [1.82, 2.24) is 0 Å². The number of carboxylic acids is 1. The summed E-state index contributed by atoms with van der Waals surface area (Å²) < 4.78 is 0. The molecular formula is C12H13NO3. The van der Waals surface area contributed by atoms with Crippen molar-refractivity contribution >= 4 is 5.97 Å². The summed E-state index contributed by atoms with van der Waals surface area (Å²) in [6.45, 7) is 1.69. The van der Waals surface area contributed by atoms with Crippen molar-refractivity contribution < 1.29 is 15.0 Å². The smallest absolute Gasteiger partial charge is 0.307 e. The second-order valence-corrected chi connectivity index (χ2v) is 3.43. The Morgan fingerprint density at radius 3 is 2.50 bits per heavy atom. The quantitative estimate of drug-likeness (QED) is 0.798. The molecular weight excluding hydrogens is 206 g/mol. The summed E-state index contributed by atoms with van der Waals surface area (Å²) in [5.41, 5.74) is 2.18. The van der Waals surface area contributed by atoms with Crippen LogP contribution in [0.3, 0.4) is 0 Å². The van der Waals surface area contributed by atoms with Crippen LogP contribution in [0.5, 0.6) is 0 Å². The first-order valence-corrected chi connectivity index (χ1v) is 5.00. The number of aliphatic hydroxyl groups excluding tert-OH is 1. The van der Waals surface area contributed by atoms with E-state index < -0.39 is 5.97 Å². The lowest BCUT2D eigenvalue weighted by molar-refractivity contribution is -0.136. The standard InChI is InChI=1S/C12H13NO3/c1-2-8-3-4-9(5-12(15)16)10(6-13)11(8)7-14/h3-4,14H,2,5,7H2,1H3,(H,15,16). The van der Waals surface area contributed by atoms with E-state index in [0.717, 1.165) is 5.56 Å². The van der Waals surface area contributed by atoms with Gasteiger partial charge in [0, 0.05) is 0 Å². The highest BCUT2D eigenvalue weighted by atomic mass is 16.4. The Morgan fingerprint density at radius 2 is 2.06 bits per heavy atom. The number of hydrogen-bond acceptors (Lipinski definition) is 3. The van der Waals surface area contributed by atoms with Crippen molar-refractivity contribution in [2.45, 2.75) is 26.4 Å². The second-order valence-electron chi connectivity index (χ2n) is 3.43. The Morgan fingerprint density at radius 1 is 1.44 bits per heavy atom. The summed E-state index contributed by atoms with van der Waals surface area (Å²) >= 11 is 0. The Kier molecular flexibility index (Phi) is 4.03. The highest BCUT2D eigenvalue weighted by Crippen LogP contribution is 2.20. The third-order valence-corrected chi connectivity index (χ3v) is 2.49. The molecule has 0 aliphatic rings. The molecule has 0 heterocycles. The molecule has 1 rings (SSSR count). The van der Waals surface area contributed by atoms with Gasteiger partial charge in [-0.2, -0.15) is 5.26 Å². The van der Waals surface area contributed by atoms with Crippen molar-refractivity contribution in [2.24, 2.45) is 0 Å². The number of benzene rings is 1. The van der Waals surface area contributed by atoms with Gasteiger partial charge in [0.25, 0.3) is 0 Å². The zero-order chi connectivity index (χ0) is 12.1. The second kappa shape index (κ2) is 5.29. The molecule has 0 aromatic heterocycles. The largest absolute Gasteiger partial charge is 0.481 e. The van der Waals surface area contributed by atoms with Gasteiger partial charge in [0.05, 0.1) is 24.7 Å². The van der Waals surface area contributed by atoms with Crippen LogP contribution in [0.25, 0.3) is 0 Å². The van der Waals surface area contributed by atoms with Crippen LogP contribution in [0.4, 0.5) is 0 Å². The fourth-order valence-corrected chi connectivity index (χ4v) is 1.70. The monoisotopic (exact) mass is 219 g/mol. The van der Waals surface area contributed by atoms with Gasteiger partial charge in [-0.25, -0.2) is 0 Å². The number of nitriles is 1. The van der Waals surface area contributed by atoms with Crippen LogP contribution in [0.2, 0.25) is 0 Å². The lowest BCUT2D eigenvalue weighted by atomic mass is 9.94. The molecule has 0 spiro atoms. The summed E-state index contributed by atoms with van der Waals surface area (Å²) in [5, 5.41) is 26.9. The van der Waals surface area contributed by atoms with E-state index in [4.69, 9.17) is 10.4 Å². The number of rotatable bonds is 4. The molecule has 16 heavy (non-hydrogen) atoms. The molecule has 0 radical (unpaired) electrons. The summed E-state index contributed by atoms with van der Waals surface area (Å²) in [7, 11) is 0. The maximum absolute atomic E-state index is 10.6. The van der Waals surface area contributed by atoms with Crippen LogP contribution in [0.1, 0.15) is 29.2 Å². The predicted molar refractivity (Wildman–Crippen MR) is 57.8 cm³/mol. The summed E-state index contributed by atoms with van der Waals surface area (Å²) in [4.78, 5) is 10.6. The molecule has 0 saturated heterocycles. The lowest BCUT2D eigenvalue weighted by Gasteiger charge is -2.10. The molecule has 0 bridgehead atoms. The first-order chi connectivity index (χ1) is 7.63. The van der Waals surface area contributed by atoms with Crippen LogP contribution < -0.4 is 0 Å². The molecule has 1 aromatic rings. The third kappa shape index (κ3) is 2.38. The topological polar surface area (TPSA) is 81.3 Å². The zero-order valence-electron chi connectivity index (χ0n) is 9.03. The summed E-state index contributed by atoms with van der Waals surface area (Å²) in [5.74, 6) is -0.982. The van der Waals surface area contributed by atoms with E-state index in [1.807, 2.05) is 13.0 Å². The number of nitrogens with zero attached hydrogens (tertiary/aromatic N) is 1. The highest BCUT2D eigenvalue weighted by Gasteiger charge is 2.13. The van der Waals surface area contributed by atoms with Gasteiger partial charge in [0.2, 0.25) is 0 Å². The van der Waals surface area contributed by atoms with Gasteiger partial charge in [-0.1, -0.05) is 19.1 Å². The van der Waals surface area contributed by atoms with Crippen molar-refractivity contribution in [3.8, 4) is 6.07 Å². The number of hydrogen-bond donors (Lipinski definition) is 2. The lowest BCUT2D eigenvalue weighted by Crippen LogP contribution is -2.06. The van der Waals surface area contributed by atoms with E-state index in [1.54, 1.807) is 12.1 Å². The van der Waals surface area contributed by atoms with E-state index in [2.05, 4.69) is 0 Å². The third-order valence-electron chi connectivity index (χ3n) is 2.49. The number of aliphatic hydroxyl groups is 1. The molecule has 4 heteroatoms. The Hall–Kier alpha value is -1.86. The Bertz CT molecular complexity index is 446. The summed E-state index contributed by atoms with van der Waals surface area (Å²) in [6, 6.07) is 5.38. The molecule has 0 unspecified atom stereocenters. The molecule has 0 saturated carbocycles. The molecule has 0 amide bonds. The minimum Gasteiger partial charge on any atom is -0.481 e. The molecule has 1 aromatic carbocycles. The molecule has 84 valence electrons. The molecule has 2 N–H and O–H groups in total. The fourth-order valence-electron chi connectivity index (χ4n) is 1.70. The maximum Gasteiger partial charge on any atom is 0.307 e. The molecule has 0 aliphatic heterocycles. The minimum absolute atomic E-state index is 0.195. The van der Waals surface area contributed by atoms with E-state index in [-0.39, 0.29) is 13.0 Å². The van der Waals surface area contributed by atoms with Crippen LogP contribution >= 0.6 is 0 Å². The van der Waals surface area contributed by atoms with Crippen LogP contribution in [0.15, 0.2) is 12.1 Å². The van der Waals surface area contributed by atoms with Crippen LogP contribution in [-0.2, 0) is 24.2 Å². The Balaban J connectivity index is 3.32. The first-order valence-electron chi connectivity index (χ1n) is 5.00. The van der Waals surface area contributed by atoms with Gasteiger partial charge in [-0.05, 0) is 23.1 Å². The molecule has 0 fully saturated rings. The van der Waals surface area contributed by atoms with E-state index in [1.165, 1.54) is 0 Å². The van der Waals surface area contributed by atoms with E-state index in [0.29, 0.717) is 23.1 Å². The number of aryl methyl sites for hydroxylation is 1. The van der Waals surface area contributed by atoms with Crippen LogP contribution in [-0.4, -0.2) is 16.2 Å². The van der Waals surface area contributed by atoms with Gasteiger partial charge in [0.15, 0.2) is 0 Å². The Labute approximate surface area is 93.8 Å². The molecule has 4 nitrogen and oxygen atoms in total. The van der Waals surface area contributed by atoms with E-state index >= 15 is 0 Å². The van der Waals surface area contributed by atoms with Crippen molar-refractivity contribution in [2.75, 3.05) is 0 Å². The van der Waals surface area contributed by atoms with Gasteiger partial charge in [-0.3, -0.25) is 4.79 Å². The normalized spacial score (nSPS) is 9.81. The van der Waals surface area contributed by atoms with Crippen molar-refractivity contribution in [3.05, 3.63) is 34.4 Å². The number of carboxylic acid groups (broad SMARTS) is 1. The highest BCUT2D eigenvalue weighted by molar-refractivity contribution is 5.72. The average Bonchev–Trinajstić information content (AvgIpc) is 2.27. The van der Waals surface area contributed by atoms with Gasteiger partial charge in [-0.15, -0.1) is 0 Å². The average molecular weight is 219 g/mol. The molecule has 0 aliphatic carbocycles. The fraction of sp³-hybridized carbons (Fsp3) is 0.333. The van der Waals surface area contributed by atoms with Gasteiger partial charge >= 0.3 is 5.97 Å². The van der Waals surface area contributed by atoms with Gasteiger partial charge < -0.3 is 10.2 Å².